The second-order valence-corrected chi connectivity index (χ2v) is 6.85. The molecule has 25 heavy (non-hydrogen) atoms. The van der Waals surface area contributed by atoms with Crippen molar-refractivity contribution in [2.75, 3.05) is 47.5 Å². The number of hydrogen-bond donors (Lipinski definition) is 1. The SMILES string of the molecule is COc1cc(C(=O)N2CC[NH+](C3CCCC3)CC2)cc(OC)c1OC. The Bertz CT molecular complexity index is 580. The number of amides is 1. The summed E-state index contributed by atoms with van der Waals surface area (Å²) in [4.78, 5) is 16.5. The first-order chi connectivity index (χ1) is 12.2. The van der Waals surface area contributed by atoms with Gasteiger partial charge in [-0.15, -0.1) is 0 Å². The molecule has 1 aliphatic carbocycles. The Morgan fingerprint density at radius 1 is 1.00 bits per heavy atom. The highest BCUT2D eigenvalue weighted by Crippen LogP contribution is 2.38. The van der Waals surface area contributed by atoms with E-state index in [1.165, 1.54) is 25.7 Å². The van der Waals surface area contributed by atoms with Crippen LogP contribution in [-0.4, -0.2) is 64.4 Å². The van der Waals surface area contributed by atoms with Gasteiger partial charge in [-0.25, -0.2) is 0 Å². The van der Waals surface area contributed by atoms with Gasteiger partial charge in [-0.05, 0) is 37.8 Å². The summed E-state index contributed by atoms with van der Waals surface area (Å²) in [5.74, 6) is 1.57. The average molecular weight is 349 g/mol. The first-order valence-electron chi connectivity index (χ1n) is 9.11. The molecule has 1 aliphatic heterocycles. The standard InChI is InChI=1S/C19H28N2O4/c1-23-16-12-14(13-17(24-2)18(16)25-3)19(22)21-10-8-20(9-11-21)15-6-4-5-7-15/h12-13,15H,4-11H2,1-3H3/p+1. The Kier molecular flexibility index (Phi) is 5.68. The third kappa shape index (κ3) is 3.68. The highest BCUT2D eigenvalue weighted by molar-refractivity contribution is 5.95. The number of nitrogens with zero attached hydrogens (tertiary/aromatic N) is 1. The van der Waals surface area contributed by atoms with Crippen molar-refractivity contribution < 1.29 is 23.9 Å². The number of methoxy groups -OCH3 is 3. The lowest BCUT2D eigenvalue weighted by molar-refractivity contribution is -0.928. The number of piperazine rings is 1. The number of carbonyl (C=O) groups is 1. The van der Waals surface area contributed by atoms with Gasteiger partial charge < -0.3 is 24.0 Å². The van der Waals surface area contributed by atoms with Gasteiger partial charge in [0, 0.05) is 5.56 Å². The van der Waals surface area contributed by atoms with Crippen LogP contribution in [0.5, 0.6) is 17.2 Å². The topological polar surface area (TPSA) is 52.4 Å². The summed E-state index contributed by atoms with van der Waals surface area (Å²) in [6, 6.07) is 4.28. The molecular formula is C19H29N2O4+. The van der Waals surface area contributed by atoms with E-state index in [0.717, 1.165) is 32.2 Å². The fraction of sp³-hybridized carbons (Fsp3) is 0.632. The number of carbonyl (C=O) groups excluding carboxylic acids is 1. The number of quaternary nitrogens is 1. The van der Waals surface area contributed by atoms with Gasteiger partial charge >= 0.3 is 0 Å². The van der Waals surface area contributed by atoms with E-state index in [2.05, 4.69) is 0 Å². The molecule has 2 aliphatic rings. The Morgan fingerprint density at radius 2 is 1.56 bits per heavy atom. The molecular weight excluding hydrogens is 320 g/mol. The van der Waals surface area contributed by atoms with Crippen molar-refractivity contribution in [3.63, 3.8) is 0 Å². The van der Waals surface area contributed by atoms with Gasteiger partial charge in [0.1, 0.15) is 0 Å². The third-order valence-corrected chi connectivity index (χ3v) is 5.54. The first-order valence-corrected chi connectivity index (χ1v) is 9.11. The molecule has 1 heterocycles. The first kappa shape index (κ1) is 17.9. The zero-order valence-electron chi connectivity index (χ0n) is 15.5. The van der Waals surface area contributed by atoms with Crippen LogP contribution in [0.2, 0.25) is 0 Å². The van der Waals surface area contributed by atoms with Gasteiger partial charge in [0.25, 0.3) is 5.91 Å². The predicted molar refractivity (Wildman–Crippen MR) is 95.0 cm³/mol. The molecule has 2 fully saturated rings. The van der Waals surface area contributed by atoms with Gasteiger partial charge in [-0.3, -0.25) is 4.79 Å². The highest BCUT2D eigenvalue weighted by atomic mass is 16.5. The lowest BCUT2D eigenvalue weighted by Gasteiger charge is -2.35. The van der Waals surface area contributed by atoms with Crippen molar-refractivity contribution in [1.29, 1.82) is 0 Å². The molecule has 138 valence electrons. The largest absolute Gasteiger partial charge is 0.493 e. The van der Waals surface area contributed by atoms with Crippen LogP contribution in [-0.2, 0) is 0 Å². The fourth-order valence-electron chi connectivity index (χ4n) is 4.13. The molecule has 6 heteroatoms. The maximum Gasteiger partial charge on any atom is 0.254 e. The molecule has 0 bridgehead atoms. The van der Waals surface area contributed by atoms with Crippen LogP contribution in [0.4, 0.5) is 0 Å². The summed E-state index contributed by atoms with van der Waals surface area (Å²) in [5, 5.41) is 0. The van der Waals surface area contributed by atoms with Crippen molar-refractivity contribution in [3.8, 4) is 17.2 Å². The minimum atomic E-state index is 0.0322. The molecule has 0 aromatic heterocycles. The summed E-state index contributed by atoms with van der Waals surface area (Å²) in [7, 11) is 4.69. The van der Waals surface area contributed by atoms with Gasteiger partial charge in [0.15, 0.2) is 11.5 Å². The minimum Gasteiger partial charge on any atom is -0.493 e. The van der Waals surface area contributed by atoms with Crippen molar-refractivity contribution in [1.82, 2.24) is 4.90 Å². The molecule has 0 atom stereocenters. The van der Waals surface area contributed by atoms with Crippen molar-refractivity contribution in [3.05, 3.63) is 17.7 Å². The summed E-state index contributed by atoms with van der Waals surface area (Å²) in [6.07, 6.45) is 5.41. The minimum absolute atomic E-state index is 0.0322. The molecule has 1 saturated heterocycles. The van der Waals surface area contributed by atoms with Crippen molar-refractivity contribution in [2.24, 2.45) is 0 Å². The fourth-order valence-corrected chi connectivity index (χ4v) is 4.13. The molecule has 1 aromatic rings. The van der Waals surface area contributed by atoms with E-state index in [4.69, 9.17) is 14.2 Å². The zero-order chi connectivity index (χ0) is 17.8. The lowest BCUT2D eigenvalue weighted by Crippen LogP contribution is -3.18. The highest BCUT2D eigenvalue weighted by Gasteiger charge is 2.31. The van der Waals surface area contributed by atoms with Crippen LogP contribution in [0, 0.1) is 0 Å². The van der Waals surface area contributed by atoms with Crippen LogP contribution >= 0.6 is 0 Å². The van der Waals surface area contributed by atoms with E-state index < -0.39 is 0 Å². The van der Waals surface area contributed by atoms with Gasteiger partial charge in [0.05, 0.1) is 53.6 Å². The molecule has 1 N–H and O–H groups in total. The number of ether oxygens (including phenoxy) is 3. The molecule has 0 spiro atoms. The molecule has 1 aromatic carbocycles. The maximum atomic E-state index is 12.9. The number of nitrogens with one attached hydrogen (secondary N) is 1. The van der Waals surface area contributed by atoms with Crippen LogP contribution in [0.1, 0.15) is 36.0 Å². The van der Waals surface area contributed by atoms with Crippen LogP contribution < -0.4 is 19.1 Å². The third-order valence-electron chi connectivity index (χ3n) is 5.54. The van der Waals surface area contributed by atoms with E-state index in [1.54, 1.807) is 38.4 Å². The molecule has 0 unspecified atom stereocenters. The normalized spacial score (nSPS) is 19.1. The summed E-state index contributed by atoms with van der Waals surface area (Å²) >= 11 is 0. The lowest BCUT2D eigenvalue weighted by atomic mass is 10.1. The van der Waals surface area contributed by atoms with Crippen molar-refractivity contribution in [2.45, 2.75) is 31.7 Å². The van der Waals surface area contributed by atoms with E-state index in [1.807, 2.05) is 4.90 Å². The Balaban J connectivity index is 1.71. The maximum absolute atomic E-state index is 12.9. The number of benzene rings is 1. The summed E-state index contributed by atoms with van der Waals surface area (Å²) in [6.45, 7) is 3.70. The molecule has 3 rings (SSSR count). The second kappa shape index (κ2) is 7.95. The molecule has 6 nitrogen and oxygen atoms in total. The van der Waals surface area contributed by atoms with Gasteiger partial charge in [0.2, 0.25) is 5.75 Å². The predicted octanol–water partition coefficient (Wildman–Crippen LogP) is 0.996. The Labute approximate surface area is 149 Å². The van der Waals surface area contributed by atoms with Crippen molar-refractivity contribution >= 4 is 5.91 Å². The monoisotopic (exact) mass is 349 g/mol. The number of hydrogen-bond acceptors (Lipinski definition) is 4. The quantitative estimate of drug-likeness (QED) is 0.862. The summed E-state index contributed by atoms with van der Waals surface area (Å²) < 4.78 is 16.1. The van der Waals surface area contributed by atoms with E-state index in [0.29, 0.717) is 22.8 Å². The van der Waals surface area contributed by atoms with Crippen LogP contribution in [0.3, 0.4) is 0 Å². The Hall–Kier alpha value is -1.95. The summed E-state index contributed by atoms with van der Waals surface area (Å²) in [5.41, 5.74) is 0.582. The van der Waals surface area contributed by atoms with Gasteiger partial charge in [-0.2, -0.15) is 0 Å². The number of rotatable bonds is 5. The molecule has 0 radical (unpaired) electrons. The van der Waals surface area contributed by atoms with E-state index >= 15 is 0 Å². The van der Waals surface area contributed by atoms with Gasteiger partial charge in [-0.1, -0.05) is 0 Å². The molecule has 1 amide bonds. The average Bonchev–Trinajstić information content (AvgIpc) is 3.21. The van der Waals surface area contributed by atoms with E-state index in [-0.39, 0.29) is 5.91 Å². The Morgan fingerprint density at radius 3 is 2.04 bits per heavy atom. The zero-order valence-corrected chi connectivity index (χ0v) is 15.5. The van der Waals surface area contributed by atoms with Crippen LogP contribution in [0.15, 0.2) is 12.1 Å². The van der Waals surface area contributed by atoms with E-state index in [9.17, 15) is 4.79 Å². The molecule has 1 saturated carbocycles. The second-order valence-electron chi connectivity index (χ2n) is 6.85. The smallest absolute Gasteiger partial charge is 0.254 e. The van der Waals surface area contributed by atoms with Crippen LogP contribution in [0.25, 0.3) is 0 Å².